The summed E-state index contributed by atoms with van der Waals surface area (Å²) >= 11 is -2.76. The van der Waals surface area contributed by atoms with Crippen LogP contribution >= 0.6 is 0 Å². The molecule has 0 spiro atoms. The van der Waals surface area contributed by atoms with E-state index in [0.29, 0.717) is 36.3 Å². The Morgan fingerprint density at radius 3 is 2.63 bits per heavy atom. The van der Waals surface area contributed by atoms with E-state index in [1.807, 2.05) is 0 Å². The maximum Gasteiger partial charge on any atom is 0.228 e. The van der Waals surface area contributed by atoms with Gasteiger partial charge in [0.05, 0.1) is 17.3 Å². The van der Waals surface area contributed by atoms with Gasteiger partial charge in [-0.15, -0.1) is 0 Å². The second-order valence-corrected chi connectivity index (χ2v) is 10.2. The number of halogens is 3. The summed E-state index contributed by atoms with van der Waals surface area (Å²) < 4.78 is 75.8. The average molecular weight is 584 g/mol. The predicted octanol–water partition coefficient (Wildman–Crippen LogP) is 4.50. The topological polar surface area (TPSA) is 124 Å². The molecule has 4 aromatic rings. The lowest BCUT2D eigenvalue weighted by Gasteiger charge is -2.26. The normalized spacial score (nSPS) is 18.5. The first kappa shape index (κ1) is 28.6. The van der Waals surface area contributed by atoms with E-state index in [9.17, 15) is 13.2 Å². The fourth-order valence-corrected chi connectivity index (χ4v) is 5.18. The maximum atomic E-state index is 15.6. The van der Waals surface area contributed by atoms with Crippen molar-refractivity contribution in [3.8, 4) is 22.9 Å². The molecule has 0 aliphatic carbocycles. The van der Waals surface area contributed by atoms with Crippen molar-refractivity contribution in [3.63, 3.8) is 0 Å². The van der Waals surface area contributed by atoms with Gasteiger partial charge in [0.2, 0.25) is 17.6 Å². The minimum absolute atomic E-state index is 0.0378. The second kappa shape index (κ2) is 12.7. The van der Waals surface area contributed by atoms with Gasteiger partial charge >= 0.3 is 0 Å². The second-order valence-electron chi connectivity index (χ2n) is 9.49. The molecular weight excluding hydrogens is 557 g/mol. The molecule has 1 aliphatic rings. The molecule has 3 N–H and O–H groups in total. The quantitative estimate of drug-likeness (QED) is 0.246. The van der Waals surface area contributed by atoms with Crippen molar-refractivity contribution < 1.29 is 26.7 Å². The number of benzene rings is 2. The number of aryl methyl sites for hydroxylation is 1. The van der Waals surface area contributed by atoms with E-state index in [0.717, 1.165) is 0 Å². The van der Waals surface area contributed by atoms with Crippen LogP contribution in [0.4, 0.5) is 19.1 Å². The van der Waals surface area contributed by atoms with Crippen molar-refractivity contribution >= 4 is 17.2 Å². The van der Waals surface area contributed by atoms with E-state index in [1.165, 1.54) is 25.4 Å². The van der Waals surface area contributed by atoms with Gasteiger partial charge in [-0.25, -0.2) is 28.5 Å². The number of alkyl halides is 1. The summed E-state index contributed by atoms with van der Waals surface area (Å²) in [7, 11) is 0. The lowest BCUT2D eigenvalue weighted by molar-refractivity contribution is 0.254. The van der Waals surface area contributed by atoms with E-state index < -0.39 is 40.9 Å². The van der Waals surface area contributed by atoms with E-state index in [2.05, 4.69) is 30.3 Å². The Balaban J connectivity index is 1.45. The summed E-state index contributed by atoms with van der Waals surface area (Å²) in [6.45, 7) is 2.38. The summed E-state index contributed by atoms with van der Waals surface area (Å²) in [5, 5.41) is 6.12. The zero-order valence-electron chi connectivity index (χ0n) is 21.8. The van der Waals surface area contributed by atoms with E-state index in [1.54, 1.807) is 48.5 Å². The smallest absolute Gasteiger partial charge is 0.228 e. The third kappa shape index (κ3) is 6.70. The molecule has 3 heterocycles. The Morgan fingerprint density at radius 1 is 1.07 bits per heavy atom. The molecule has 5 rings (SSSR count). The van der Waals surface area contributed by atoms with Crippen molar-refractivity contribution in [2.75, 3.05) is 18.4 Å². The number of hydrogen-bond donors (Lipinski definition) is 3. The standard InChI is InChI=1S/C28H27F3N6O3S/c1-16-12-22(24(30)25(31)23(16)26(37-41(38)39)17-6-3-2-4-7-17)40-27-20(8-5-10-33-27)21-9-11-34-28(36-21)35-19-13-18(29)14-32-15-19/h2-12,18-19,26,32,37H,13-15H2,1H3,(H,38,39)(H,34,35,36)/p-1/t18-,19-,26?/m0/s1. The first-order valence-electron chi connectivity index (χ1n) is 12.8. The molecule has 0 radical (unpaired) electrons. The van der Waals surface area contributed by atoms with Gasteiger partial charge in [-0.2, -0.15) is 4.39 Å². The Labute approximate surface area is 237 Å². The van der Waals surface area contributed by atoms with E-state index >= 15 is 8.78 Å². The summed E-state index contributed by atoms with van der Waals surface area (Å²) in [6.07, 6.45) is 2.28. The SMILES string of the molecule is Cc1cc(Oc2ncccc2-c2ccnc(N[C@@H]3CNC[C@@H](F)C3)n2)c(F)c(F)c1C(NS(=O)[O-])c1ccccc1. The van der Waals surface area contributed by atoms with Gasteiger partial charge in [0.1, 0.15) is 6.17 Å². The van der Waals surface area contributed by atoms with Gasteiger partial charge < -0.3 is 19.9 Å². The Kier molecular flexibility index (Phi) is 8.88. The zero-order chi connectivity index (χ0) is 28.9. The molecule has 1 fully saturated rings. The number of pyridine rings is 1. The number of hydrogen-bond acceptors (Lipinski definition) is 8. The van der Waals surface area contributed by atoms with Gasteiger partial charge in [0.15, 0.2) is 11.6 Å². The fourth-order valence-electron chi connectivity index (χ4n) is 4.73. The Hall–Kier alpha value is -3.91. The molecule has 9 nitrogen and oxygen atoms in total. The molecule has 214 valence electrons. The van der Waals surface area contributed by atoms with Crippen LogP contribution in [0, 0.1) is 18.6 Å². The molecule has 0 saturated carbocycles. The molecule has 1 saturated heterocycles. The highest BCUT2D eigenvalue weighted by atomic mass is 32.2. The highest BCUT2D eigenvalue weighted by Crippen LogP contribution is 2.37. The van der Waals surface area contributed by atoms with Crippen LogP contribution in [-0.2, 0) is 11.3 Å². The molecule has 2 aromatic carbocycles. The van der Waals surface area contributed by atoms with Gasteiger partial charge in [-0.3, -0.25) is 4.21 Å². The maximum absolute atomic E-state index is 15.6. The largest absolute Gasteiger partial charge is 0.760 e. The lowest BCUT2D eigenvalue weighted by atomic mass is 9.94. The third-order valence-corrected chi connectivity index (χ3v) is 7.02. The lowest BCUT2D eigenvalue weighted by Crippen LogP contribution is -2.44. The number of rotatable bonds is 9. The number of piperidine rings is 1. The number of ether oxygens (including phenoxy) is 1. The third-order valence-electron chi connectivity index (χ3n) is 6.59. The first-order chi connectivity index (χ1) is 19.8. The van der Waals surface area contributed by atoms with Crippen molar-refractivity contribution in [2.45, 2.75) is 31.6 Å². The molecular formula is C28H26F3N6O3S-. The Morgan fingerprint density at radius 2 is 1.88 bits per heavy atom. The molecule has 0 bridgehead atoms. The number of nitrogens with zero attached hydrogens (tertiary/aromatic N) is 3. The van der Waals surface area contributed by atoms with E-state index in [4.69, 9.17) is 4.74 Å². The number of aromatic nitrogens is 3. The van der Waals surface area contributed by atoms with Gasteiger partial charge in [-0.1, -0.05) is 30.3 Å². The van der Waals surface area contributed by atoms with Crippen molar-refractivity contribution in [1.29, 1.82) is 0 Å². The van der Waals surface area contributed by atoms with Gasteiger partial charge in [-0.05, 0) is 42.3 Å². The zero-order valence-corrected chi connectivity index (χ0v) is 22.6. The molecule has 2 aromatic heterocycles. The van der Waals surface area contributed by atoms with Crippen molar-refractivity contribution in [2.24, 2.45) is 0 Å². The molecule has 41 heavy (non-hydrogen) atoms. The molecule has 13 heteroatoms. The average Bonchev–Trinajstić information content (AvgIpc) is 2.96. The minimum atomic E-state index is -2.76. The van der Waals surface area contributed by atoms with Gasteiger partial charge in [0, 0.05) is 54.8 Å². The monoisotopic (exact) mass is 583 g/mol. The fraction of sp³-hybridized carbons (Fsp3) is 0.250. The van der Waals surface area contributed by atoms with Gasteiger partial charge in [0.25, 0.3) is 0 Å². The molecule has 0 amide bonds. The van der Waals surface area contributed by atoms with Crippen LogP contribution in [0.3, 0.4) is 0 Å². The van der Waals surface area contributed by atoms with E-state index in [-0.39, 0.29) is 29.0 Å². The van der Waals surface area contributed by atoms with Crippen LogP contribution in [0.5, 0.6) is 11.6 Å². The highest BCUT2D eigenvalue weighted by Gasteiger charge is 2.27. The number of anilines is 1. The minimum Gasteiger partial charge on any atom is -0.760 e. The summed E-state index contributed by atoms with van der Waals surface area (Å²) in [4.78, 5) is 12.9. The highest BCUT2D eigenvalue weighted by molar-refractivity contribution is 7.77. The van der Waals surface area contributed by atoms with Crippen LogP contribution < -0.4 is 20.1 Å². The van der Waals surface area contributed by atoms with Crippen molar-refractivity contribution in [3.05, 3.63) is 95.3 Å². The first-order valence-corrected chi connectivity index (χ1v) is 13.8. The summed E-state index contributed by atoms with van der Waals surface area (Å²) in [5.74, 6) is -2.77. The summed E-state index contributed by atoms with van der Waals surface area (Å²) in [6, 6.07) is 13.1. The van der Waals surface area contributed by atoms with Crippen LogP contribution in [-0.4, -0.2) is 49.0 Å². The summed E-state index contributed by atoms with van der Waals surface area (Å²) in [5.41, 5.74) is 1.29. The van der Waals surface area contributed by atoms with Crippen LogP contribution in [0.25, 0.3) is 11.3 Å². The molecule has 4 atom stereocenters. The van der Waals surface area contributed by atoms with Crippen LogP contribution in [0.15, 0.2) is 67.0 Å². The molecule has 2 unspecified atom stereocenters. The van der Waals surface area contributed by atoms with Crippen molar-refractivity contribution in [1.82, 2.24) is 25.0 Å². The Bertz CT molecular complexity index is 1550. The number of nitrogens with one attached hydrogen (secondary N) is 3. The predicted molar refractivity (Wildman–Crippen MR) is 147 cm³/mol. The van der Waals surface area contributed by atoms with Crippen LogP contribution in [0.1, 0.15) is 29.2 Å². The molecule has 1 aliphatic heterocycles. The van der Waals surface area contributed by atoms with Crippen LogP contribution in [0.2, 0.25) is 0 Å².